The molecular formula is C24H38F2O3. The van der Waals surface area contributed by atoms with Gasteiger partial charge in [0.25, 0.3) is 5.92 Å². The lowest BCUT2D eigenvalue weighted by molar-refractivity contribution is -0.238. The van der Waals surface area contributed by atoms with E-state index in [0.717, 1.165) is 38.5 Å². The van der Waals surface area contributed by atoms with Crippen LogP contribution < -0.4 is 0 Å². The van der Waals surface area contributed by atoms with Crippen molar-refractivity contribution in [3.8, 4) is 0 Å². The van der Waals surface area contributed by atoms with Crippen molar-refractivity contribution in [1.29, 1.82) is 0 Å². The van der Waals surface area contributed by atoms with E-state index >= 15 is 8.78 Å². The minimum Gasteiger partial charge on any atom is -0.469 e. The van der Waals surface area contributed by atoms with Crippen molar-refractivity contribution >= 4 is 5.97 Å². The number of fused-ring (bicyclic) bond motifs is 5. The van der Waals surface area contributed by atoms with Crippen molar-refractivity contribution in [1.82, 2.24) is 0 Å². The summed E-state index contributed by atoms with van der Waals surface area (Å²) >= 11 is 0. The van der Waals surface area contributed by atoms with Gasteiger partial charge in [0.15, 0.2) is 0 Å². The Morgan fingerprint density at radius 3 is 2.45 bits per heavy atom. The molecule has 5 heteroatoms. The van der Waals surface area contributed by atoms with E-state index in [9.17, 15) is 9.90 Å². The summed E-state index contributed by atoms with van der Waals surface area (Å²) < 4.78 is 36.2. The molecule has 1 N–H and O–H groups in total. The maximum Gasteiger partial charge on any atom is 0.305 e. The van der Waals surface area contributed by atoms with Gasteiger partial charge in [-0.25, -0.2) is 8.78 Å². The summed E-state index contributed by atoms with van der Waals surface area (Å²) in [5.74, 6) is -2.91. The SMILES string of the molecule is COC(=O)C[C@@H](C)[C@H]1CCC2C3C(CC[C@@]21C)[C@@]1(C)CC[C@H](O)C[C@H]1CC3(F)F. The molecule has 0 amide bonds. The number of methoxy groups -OCH3 is 1. The molecule has 3 unspecified atom stereocenters. The average Bonchev–Trinajstić information content (AvgIpc) is 3.00. The number of aliphatic hydroxyl groups excluding tert-OH is 1. The highest BCUT2D eigenvalue weighted by molar-refractivity contribution is 5.69. The molecule has 4 aliphatic carbocycles. The highest BCUT2D eigenvalue weighted by Crippen LogP contribution is 2.71. The van der Waals surface area contributed by atoms with Gasteiger partial charge in [-0.15, -0.1) is 0 Å². The smallest absolute Gasteiger partial charge is 0.305 e. The van der Waals surface area contributed by atoms with Crippen LogP contribution in [0, 0.1) is 46.3 Å². The van der Waals surface area contributed by atoms with Crippen LogP contribution in [0.15, 0.2) is 0 Å². The molecule has 0 aromatic heterocycles. The predicted octanol–water partition coefficient (Wildman–Crippen LogP) is 5.45. The van der Waals surface area contributed by atoms with E-state index < -0.39 is 17.9 Å². The lowest BCUT2D eigenvalue weighted by Crippen LogP contribution is -2.61. The Labute approximate surface area is 174 Å². The van der Waals surface area contributed by atoms with Gasteiger partial charge in [-0.05, 0) is 85.4 Å². The van der Waals surface area contributed by atoms with E-state index in [-0.39, 0.29) is 46.9 Å². The second kappa shape index (κ2) is 7.17. The van der Waals surface area contributed by atoms with Crippen molar-refractivity contribution in [3.05, 3.63) is 0 Å². The predicted molar refractivity (Wildman–Crippen MR) is 107 cm³/mol. The Morgan fingerprint density at radius 2 is 1.76 bits per heavy atom. The highest BCUT2D eigenvalue weighted by Gasteiger charge is 2.68. The Bertz CT molecular complexity index is 652. The van der Waals surface area contributed by atoms with Crippen LogP contribution in [0.3, 0.4) is 0 Å². The number of esters is 1. The fraction of sp³-hybridized carbons (Fsp3) is 0.958. The molecular weight excluding hydrogens is 374 g/mol. The molecule has 0 aromatic carbocycles. The van der Waals surface area contributed by atoms with Crippen molar-refractivity contribution < 1.29 is 23.4 Å². The summed E-state index contributed by atoms with van der Waals surface area (Å²) in [6.07, 6.45) is 5.71. The van der Waals surface area contributed by atoms with Gasteiger partial charge in [-0.3, -0.25) is 4.79 Å². The molecule has 9 atom stereocenters. The van der Waals surface area contributed by atoms with Gasteiger partial charge in [0.1, 0.15) is 0 Å². The van der Waals surface area contributed by atoms with Crippen LogP contribution in [0.5, 0.6) is 0 Å². The average molecular weight is 413 g/mol. The first-order valence-corrected chi connectivity index (χ1v) is 11.7. The number of rotatable bonds is 3. The van der Waals surface area contributed by atoms with Gasteiger partial charge >= 0.3 is 5.97 Å². The number of carbonyl (C=O) groups excluding carboxylic acids is 1. The summed E-state index contributed by atoms with van der Waals surface area (Å²) in [5, 5.41) is 10.1. The second-order valence-electron chi connectivity index (χ2n) is 11.3. The molecule has 0 saturated heterocycles. The summed E-state index contributed by atoms with van der Waals surface area (Å²) in [5.41, 5.74) is -0.183. The zero-order valence-electron chi connectivity index (χ0n) is 18.4. The Balaban J connectivity index is 1.62. The molecule has 4 rings (SSSR count). The molecule has 3 nitrogen and oxygen atoms in total. The quantitative estimate of drug-likeness (QED) is 0.627. The van der Waals surface area contributed by atoms with E-state index in [1.165, 1.54) is 7.11 Å². The lowest BCUT2D eigenvalue weighted by Gasteiger charge is -2.63. The van der Waals surface area contributed by atoms with E-state index in [0.29, 0.717) is 18.8 Å². The van der Waals surface area contributed by atoms with Gasteiger partial charge < -0.3 is 9.84 Å². The van der Waals surface area contributed by atoms with Gasteiger partial charge in [-0.1, -0.05) is 20.8 Å². The van der Waals surface area contributed by atoms with Crippen LogP contribution in [0.25, 0.3) is 0 Å². The van der Waals surface area contributed by atoms with Crippen molar-refractivity contribution in [2.75, 3.05) is 7.11 Å². The number of carbonyl (C=O) groups is 1. The summed E-state index contributed by atoms with van der Waals surface area (Å²) in [4.78, 5) is 11.8. The zero-order valence-corrected chi connectivity index (χ0v) is 18.4. The number of alkyl halides is 2. The third-order valence-electron chi connectivity index (χ3n) is 10.1. The van der Waals surface area contributed by atoms with Crippen molar-refractivity contribution in [2.24, 2.45) is 46.3 Å². The molecule has 4 fully saturated rings. The van der Waals surface area contributed by atoms with Crippen molar-refractivity contribution in [3.63, 3.8) is 0 Å². The summed E-state index contributed by atoms with van der Waals surface area (Å²) in [6, 6.07) is 0. The molecule has 0 radical (unpaired) electrons. The third kappa shape index (κ3) is 3.25. The van der Waals surface area contributed by atoms with Crippen molar-refractivity contribution in [2.45, 2.75) is 90.6 Å². The van der Waals surface area contributed by atoms with Gasteiger partial charge in [0, 0.05) is 18.8 Å². The molecule has 4 saturated carbocycles. The molecule has 0 bridgehead atoms. The first-order chi connectivity index (χ1) is 13.5. The fourth-order valence-electron chi connectivity index (χ4n) is 8.60. The maximum atomic E-state index is 15.7. The number of ether oxygens (including phenoxy) is 1. The number of hydrogen-bond donors (Lipinski definition) is 1. The Morgan fingerprint density at radius 1 is 1.10 bits per heavy atom. The maximum absolute atomic E-state index is 15.7. The third-order valence-corrected chi connectivity index (χ3v) is 10.1. The molecule has 166 valence electrons. The monoisotopic (exact) mass is 412 g/mol. The van der Waals surface area contributed by atoms with E-state index in [1.807, 2.05) is 0 Å². The van der Waals surface area contributed by atoms with Crippen LogP contribution in [0.4, 0.5) is 8.78 Å². The van der Waals surface area contributed by atoms with Gasteiger partial charge in [0.05, 0.1) is 13.2 Å². The Kier molecular flexibility index (Phi) is 5.32. The largest absolute Gasteiger partial charge is 0.469 e. The van der Waals surface area contributed by atoms with Crippen LogP contribution in [0.2, 0.25) is 0 Å². The normalized spacial score (nSPS) is 49.5. The molecule has 4 aliphatic rings. The molecule has 0 heterocycles. The van der Waals surface area contributed by atoms with Gasteiger partial charge in [-0.2, -0.15) is 0 Å². The minimum absolute atomic E-state index is 0.0333. The molecule has 29 heavy (non-hydrogen) atoms. The summed E-state index contributed by atoms with van der Waals surface area (Å²) in [7, 11) is 1.42. The first kappa shape index (κ1) is 21.5. The topological polar surface area (TPSA) is 46.5 Å². The lowest BCUT2D eigenvalue weighted by atomic mass is 9.43. The second-order valence-corrected chi connectivity index (χ2v) is 11.3. The van der Waals surface area contributed by atoms with Gasteiger partial charge in [0.2, 0.25) is 0 Å². The number of hydrogen-bond acceptors (Lipinski definition) is 3. The fourth-order valence-corrected chi connectivity index (χ4v) is 8.60. The van der Waals surface area contributed by atoms with E-state index in [2.05, 4.69) is 20.8 Å². The molecule has 0 aromatic rings. The molecule has 0 aliphatic heterocycles. The van der Waals surface area contributed by atoms with Crippen LogP contribution >= 0.6 is 0 Å². The zero-order chi connectivity index (χ0) is 21.2. The number of halogens is 2. The standard InChI is InChI=1S/C24H38F2O3/c1-14(11-20(28)29-4)17-5-6-18-21-19(8-10-23(17,18)3)22(2)9-7-16(27)12-15(22)13-24(21,25)26/h14-19,21,27H,5-13H2,1-4H3/t14-,15+,16+,17-,18?,19?,21?,22+,23-/m1/s1. The van der Waals surface area contributed by atoms with Crippen LogP contribution in [-0.4, -0.2) is 30.2 Å². The highest BCUT2D eigenvalue weighted by atomic mass is 19.3. The number of aliphatic hydroxyl groups is 1. The minimum atomic E-state index is -2.65. The Hall–Kier alpha value is -0.710. The van der Waals surface area contributed by atoms with Crippen LogP contribution in [0.1, 0.15) is 78.6 Å². The first-order valence-electron chi connectivity index (χ1n) is 11.7. The van der Waals surface area contributed by atoms with E-state index in [1.54, 1.807) is 0 Å². The van der Waals surface area contributed by atoms with Crippen LogP contribution in [-0.2, 0) is 9.53 Å². The summed E-state index contributed by atoms with van der Waals surface area (Å²) in [6.45, 7) is 6.57. The van der Waals surface area contributed by atoms with E-state index in [4.69, 9.17) is 4.74 Å². The molecule has 0 spiro atoms.